The maximum absolute atomic E-state index is 4.57. The van der Waals surface area contributed by atoms with Crippen molar-refractivity contribution in [2.75, 3.05) is 14.2 Å². The number of methoxy groups -OCH3 is 2. The molecule has 0 aliphatic carbocycles. The van der Waals surface area contributed by atoms with Crippen LogP contribution in [0, 0.1) is 6.92 Å². The molecule has 2 nitrogen and oxygen atoms in total. The first kappa shape index (κ1) is 16.0. The summed E-state index contributed by atoms with van der Waals surface area (Å²) >= 11 is 0. The Kier molecular flexibility index (Phi) is 21.7. The van der Waals surface area contributed by atoms with Gasteiger partial charge in [-0.15, -0.1) is 0 Å². The molecule has 0 atom stereocenters. The summed E-state index contributed by atoms with van der Waals surface area (Å²) in [7, 11) is 3.09. The van der Waals surface area contributed by atoms with E-state index in [1.54, 1.807) is 14.2 Å². The number of hydrogen-bond acceptors (Lipinski definition) is 2. The molecule has 0 rings (SSSR count). The number of hydrogen-bond donors (Lipinski definition) is 0. The maximum Gasteiger partial charge on any atom is 2.00 e. The van der Waals surface area contributed by atoms with Crippen molar-refractivity contribution < 1.29 is 21.9 Å². The van der Waals surface area contributed by atoms with Gasteiger partial charge >= 0.3 is 23.1 Å². The van der Waals surface area contributed by atoms with Crippen LogP contribution < -0.4 is 12.4 Å². The van der Waals surface area contributed by atoms with E-state index in [4.69, 9.17) is 0 Å². The van der Waals surface area contributed by atoms with Gasteiger partial charge in [-0.1, -0.05) is 0 Å². The Hall–Kier alpha value is 0.976. The van der Waals surface area contributed by atoms with Gasteiger partial charge in [0.25, 0.3) is 0 Å². The monoisotopic (exact) mass is 148 g/mol. The first-order valence-electron chi connectivity index (χ1n) is 1.70. The van der Waals surface area contributed by atoms with Crippen molar-refractivity contribution in [1.82, 2.24) is 0 Å². The number of rotatable bonds is 2. The molecule has 0 bridgehead atoms. The molecule has 0 aromatic carbocycles. The molecule has 0 aromatic rings. The zero-order valence-corrected chi connectivity index (χ0v) is 7.36. The number of ether oxygens (including phenoxy) is 2. The molecular formula is C4H9ClMgO2. The summed E-state index contributed by atoms with van der Waals surface area (Å²) in [6, 6.07) is 0. The quantitative estimate of drug-likeness (QED) is 0.237. The van der Waals surface area contributed by atoms with Gasteiger partial charge in [-0.25, -0.2) is 0 Å². The Labute approximate surface area is 72.5 Å². The van der Waals surface area contributed by atoms with Gasteiger partial charge in [0.15, 0.2) is 0 Å². The van der Waals surface area contributed by atoms with E-state index in [1.165, 1.54) is 0 Å². The largest absolute Gasteiger partial charge is 2.00 e. The van der Waals surface area contributed by atoms with Gasteiger partial charge in [0, 0.05) is 20.5 Å². The fourth-order valence-electron chi connectivity index (χ4n) is 0.0962. The first-order chi connectivity index (χ1) is 2.81. The van der Waals surface area contributed by atoms with Crippen LogP contribution in [0.15, 0.2) is 0 Å². The topological polar surface area (TPSA) is 18.5 Å². The molecule has 0 aliphatic heterocycles. The molecule has 0 unspecified atom stereocenters. The van der Waals surface area contributed by atoms with Gasteiger partial charge in [0.2, 0.25) is 0 Å². The predicted molar refractivity (Wildman–Crippen MR) is 28.9 cm³/mol. The second-order valence-corrected chi connectivity index (χ2v) is 0.901. The van der Waals surface area contributed by atoms with Crippen molar-refractivity contribution >= 4 is 23.1 Å². The normalized spacial score (nSPS) is 7.50. The van der Waals surface area contributed by atoms with Crippen molar-refractivity contribution in [2.45, 2.75) is 6.29 Å². The standard InChI is InChI=1S/C4H9O2.ClH.Mg/c1-4(5-2)6-3;;/h4H,1H2,2-3H3;1H;/q-1;;+2/p-1. The Bertz CT molecular complexity index is 33.2. The second kappa shape index (κ2) is 10.9. The minimum absolute atomic E-state index is 0. The fourth-order valence-corrected chi connectivity index (χ4v) is 0.0962. The molecule has 0 radical (unpaired) electrons. The van der Waals surface area contributed by atoms with E-state index in [-0.39, 0.29) is 41.7 Å². The van der Waals surface area contributed by atoms with Crippen LogP contribution in [-0.4, -0.2) is 43.6 Å². The van der Waals surface area contributed by atoms with E-state index in [9.17, 15) is 0 Å². The van der Waals surface area contributed by atoms with Crippen LogP contribution in [0.5, 0.6) is 0 Å². The fraction of sp³-hybridized carbons (Fsp3) is 0.750. The van der Waals surface area contributed by atoms with Crippen molar-refractivity contribution in [3.05, 3.63) is 6.92 Å². The average Bonchev–Trinajstić information content (AvgIpc) is 1.65. The molecule has 0 aliphatic rings. The van der Waals surface area contributed by atoms with Gasteiger partial charge in [0.1, 0.15) is 0 Å². The van der Waals surface area contributed by atoms with Gasteiger partial charge in [-0.3, -0.25) is 6.92 Å². The molecule has 4 heteroatoms. The molecule has 0 aromatic heterocycles. The maximum atomic E-state index is 4.57. The second-order valence-electron chi connectivity index (χ2n) is 0.901. The molecule has 0 saturated heterocycles. The Morgan fingerprint density at radius 1 is 1.25 bits per heavy atom. The first-order valence-corrected chi connectivity index (χ1v) is 1.70. The van der Waals surface area contributed by atoms with E-state index in [2.05, 4.69) is 16.4 Å². The van der Waals surface area contributed by atoms with E-state index in [1.807, 2.05) is 0 Å². The molecular weight excluding hydrogens is 140 g/mol. The molecule has 46 valence electrons. The van der Waals surface area contributed by atoms with Gasteiger partial charge in [-0.05, 0) is 0 Å². The Balaban J connectivity index is -0.000000125. The van der Waals surface area contributed by atoms with Crippen LogP contribution >= 0.6 is 0 Å². The van der Waals surface area contributed by atoms with Crippen LogP contribution in [0.1, 0.15) is 0 Å². The zero-order chi connectivity index (χ0) is 4.99. The third-order valence-corrected chi connectivity index (χ3v) is 0.526. The van der Waals surface area contributed by atoms with Crippen LogP contribution in [0.25, 0.3) is 0 Å². The summed E-state index contributed by atoms with van der Waals surface area (Å²) < 4.78 is 9.13. The van der Waals surface area contributed by atoms with Gasteiger partial charge in [0.05, 0.1) is 0 Å². The third-order valence-electron chi connectivity index (χ3n) is 0.526. The molecule has 0 heterocycles. The van der Waals surface area contributed by atoms with Crippen LogP contribution in [-0.2, 0) is 9.47 Å². The predicted octanol–water partition coefficient (Wildman–Crippen LogP) is -2.94. The summed E-state index contributed by atoms with van der Waals surface area (Å²) in [5, 5.41) is 0. The zero-order valence-electron chi connectivity index (χ0n) is 5.19. The minimum Gasteiger partial charge on any atom is -1.00 e. The summed E-state index contributed by atoms with van der Waals surface area (Å²) in [6.45, 7) is 3.43. The van der Waals surface area contributed by atoms with Gasteiger partial charge in [-0.2, -0.15) is 0 Å². The molecule has 8 heavy (non-hydrogen) atoms. The van der Waals surface area contributed by atoms with E-state index < -0.39 is 0 Å². The summed E-state index contributed by atoms with van der Waals surface area (Å²) in [5.41, 5.74) is 0. The van der Waals surface area contributed by atoms with Crippen LogP contribution in [0.2, 0.25) is 0 Å². The van der Waals surface area contributed by atoms with E-state index >= 15 is 0 Å². The van der Waals surface area contributed by atoms with Crippen LogP contribution in [0.3, 0.4) is 0 Å². The molecule has 0 saturated carbocycles. The van der Waals surface area contributed by atoms with Crippen molar-refractivity contribution in [1.29, 1.82) is 0 Å². The number of halogens is 1. The van der Waals surface area contributed by atoms with Gasteiger partial charge < -0.3 is 21.9 Å². The Morgan fingerprint density at radius 2 is 1.50 bits per heavy atom. The smallest absolute Gasteiger partial charge is 1.00 e. The summed E-state index contributed by atoms with van der Waals surface area (Å²) in [5.74, 6) is 0. The summed E-state index contributed by atoms with van der Waals surface area (Å²) in [4.78, 5) is 0. The average molecular weight is 149 g/mol. The third kappa shape index (κ3) is 10.1. The van der Waals surface area contributed by atoms with E-state index in [0.717, 1.165) is 0 Å². The summed E-state index contributed by atoms with van der Waals surface area (Å²) in [6.07, 6.45) is -0.315. The molecule has 0 fully saturated rings. The molecule has 0 amide bonds. The van der Waals surface area contributed by atoms with E-state index in [0.29, 0.717) is 0 Å². The van der Waals surface area contributed by atoms with Crippen LogP contribution in [0.4, 0.5) is 0 Å². The van der Waals surface area contributed by atoms with Crippen molar-refractivity contribution in [3.63, 3.8) is 0 Å². The molecule has 0 spiro atoms. The minimum atomic E-state index is -0.315. The molecule has 0 N–H and O–H groups in total. The van der Waals surface area contributed by atoms with Crippen molar-refractivity contribution in [3.8, 4) is 0 Å². The Morgan fingerprint density at radius 3 is 1.50 bits per heavy atom. The SMILES string of the molecule is [CH2-]C(OC)OC.[Cl-].[Mg+2]. The van der Waals surface area contributed by atoms with Crippen molar-refractivity contribution in [2.24, 2.45) is 0 Å².